The maximum atomic E-state index is 5.77. The third-order valence-corrected chi connectivity index (χ3v) is 2.89. The van der Waals surface area contributed by atoms with Crippen LogP contribution in [-0.2, 0) is 0 Å². The Bertz CT molecular complexity index is 130. The molecule has 0 aromatic rings. The average Bonchev–Trinajstić information content (AvgIpc) is 2.38. The summed E-state index contributed by atoms with van der Waals surface area (Å²) >= 11 is 9.00. The zero-order valence-electron chi connectivity index (χ0n) is 5.66. The lowest BCUT2D eigenvalue weighted by Gasteiger charge is -2.24. The van der Waals surface area contributed by atoms with E-state index in [2.05, 4.69) is 17.9 Å². The molecule has 0 saturated carbocycles. The van der Waals surface area contributed by atoms with E-state index >= 15 is 0 Å². The molecule has 0 bridgehead atoms. The molecule has 4 heteroatoms. The van der Waals surface area contributed by atoms with Crippen molar-refractivity contribution in [2.75, 3.05) is 13.1 Å². The Labute approximate surface area is 72.0 Å². The first kappa shape index (κ1) is 8.46. The summed E-state index contributed by atoms with van der Waals surface area (Å²) < 4.78 is 0. The predicted octanol–water partition coefficient (Wildman–Crippen LogP) is 0.195. The lowest BCUT2D eigenvalue weighted by atomic mass is 10.0. The van der Waals surface area contributed by atoms with Gasteiger partial charge in [-0.25, -0.2) is 5.32 Å². The van der Waals surface area contributed by atoms with Gasteiger partial charge in [-0.2, -0.15) is 12.6 Å². The Balaban J connectivity index is 2.53. The number of rotatable bonds is 2. The Kier molecular flexibility index (Phi) is 2.68. The zero-order valence-corrected chi connectivity index (χ0v) is 7.37. The van der Waals surface area contributed by atoms with Gasteiger partial charge >= 0.3 is 0 Å². The Morgan fingerprint density at radius 2 is 2.50 bits per heavy atom. The second kappa shape index (κ2) is 3.17. The highest BCUT2D eigenvalue weighted by molar-refractivity contribution is 7.86. The van der Waals surface area contributed by atoms with Gasteiger partial charge < -0.3 is 5.73 Å². The molecule has 0 aliphatic carbocycles. The second-order valence-electron chi connectivity index (χ2n) is 2.62. The predicted molar refractivity (Wildman–Crippen MR) is 49.5 cm³/mol. The van der Waals surface area contributed by atoms with Gasteiger partial charge in [-0.15, -0.1) is 0 Å². The third kappa shape index (κ3) is 1.69. The van der Waals surface area contributed by atoms with Crippen molar-refractivity contribution in [3.63, 3.8) is 0 Å². The van der Waals surface area contributed by atoms with Crippen molar-refractivity contribution in [3.8, 4) is 0 Å². The first-order valence-electron chi connectivity index (χ1n) is 3.27. The molecule has 57 valence electrons. The van der Waals surface area contributed by atoms with Gasteiger partial charge in [0, 0.05) is 24.4 Å². The largest absolute Gasteiger partial charge is 0.313 e. The number of nitrogens with zero attached hydrogens (tertiary/aromatic N) is 1. The molecule has 1 radical (unpaired) electrons. The van der Waals surface area contributed by atoms with Crippen LogP contribution in [0.5, 0.6) is 0 Å². The number of thiol groups is 1. The van der Waals surface area contributed by atoms with Crippen molar-refractivity contribution < 1.29 is 0 Å². The van der Waals surface area contributed by atoms with Crippen LogP contribution in [0.4, 0.5) is 0 Å². The number of thiocarbonyl (C=S) groups is 1. The van der Waals surface area contributed by atoms with Crippen molar-refractivity contribution in [2.24, 2.45) is 11.7 Å². The van der Waals surface area contributed by atoms with Crippen molar-refractivity contribution in [2.45, 2.75) is 11.3 Å². The van der Waals surface area contributed by atoms with E-state index in [1.807, 2.05) is 0 Å². The van der Waals surface area contributed by atoms with Gasteiger partial charge in [-0.3, -0.25) is 0 Å². The summed E-state index contributed by atoms with van der Waals surface area (Å²) in [7, 11) is 0. The van der Waals surface area contributed by atoms with Gasteiger partial charge in [-0.1, -0.05) is 12.2 Å². The van der Waals surface area contributed by atoms with E-state index in [1.54, 1.807) is 0 Å². The van der Waals surface area contributed by atoms with Crippen LogP contribution in [0.1, 0.15) is 6.42 Å². The smallest absolute Gasteiger partial charge is 0.0922 e. The number of hydrogen-bond donors (Lipinski definition) is 2. The highest BCUT2D eigenvalue weighted by Crippen LogP contribution is 2.23. The van der Waals surface area contributed by atoms with E-state index in [1.165, 1.54) is 5.37 Å². The van der Waals surface area contributed by atoms with E-state index < -0.39 is 4.87 Å². The molecule has 0 amide bonds. The minimum absolute atomic E-state index is 0.341. The number of hydrogen-bond acceptors (Lipinski definition) is 3. The summed E-state index contributed by atoms with van der Waals surface area (Å²) in [5.41, 5.74) is 5.77. The Morgan fingerprint density at radius 3 is 2.90 bits per heavy atom. The van der Waals surface area contributed by atoms with Crippen molar-refractivity contribution in [3.05, 3.63) is 0 Å². The third-order valence-electron chi connectivity index (χ3n) is 1.83. The molecule has 1 heterocycles. The molecule has 2 N–H and O–H groups in total. The average molecular weight is 175 g/mol. The van der Waals surface area contributed by atoms with E-state index in [0.717, 1.165) is 19.5 Å². The van der Waals surface area contributed by atoms with Gasteiger partial charge in [0.1, 0.15) is 0 Å². The van der Waals surface area contributed by atoms with Crippen molar-refractivity contribution >= 4 is 30.2 Å². The molecule has 0 spiro atoms. The minimum atomic E-state index is -0.588. The van der Waals surface area contributed by atoms with Crippen LogP contribution in [0.2, 0.25) is 0 Å². The Hall–Kier alpha value is 0.360. The molecule has 2 nitrogen and oxygen atoms in total. The fourth-order valence-electron chi connectivity index (χ4n) is 1.06. The summed E-state index contributed by atoms with van der Waals surface area (Å²) in [6.07, 6.45) is 1.02. The van der Waals surface area contributed by atoms with Gasteiger partial charge in [0.15, 0.2) is 0 Å². The molecular formula is C6H11N2S2. The SMILES string of the molecule is NC(S)(C=S)C1CC[N]C1. The molecule has 0 aromatic carbocycles. The van der Waals surface area contributed by atoms with Crippen LogP contribution in [-0.4, -0.2) is 23.3 Å². The molecular weight excluding hydrogens is 164 g/mol. The van der Waals surface area contributed by atoms with E-state index in [0.29, 0.717) is 5.92 Å². The number of nitrogens with two attached hydrogens (primary N) is 1. The van der Waals surface area contributed by atoms with E-state index in [9.17, 15) is 0 Å². The van der Waals surface area contributed by atoms with Gasteiger partial charge in [0.25, 0.3) is 0 Å². The minimum Gasteiger partial charge on any atom is -0.313 e. The van der Waals surface area contributed by atoms with Gasteiger partial charge in [0.05, 0.1) is 4.87 Å². The molecule has 2 atom stereocenters. The second-order valence-corrected chi connectivity index (χ2v) is 3.63. The molecule has 1 saturated heterocycles. The molecule has 1 aliphatic heterocycles. The molecule has 10 heavy (non-hydrogen) atoms. The van der Waals surface area contributed by atoms with Gasteiger partial charge in [-0.05, 0) is 6.42 Å². The fraction of sp³-hybridized carbons (Fsp3) is 0.833. The monoisotopic (exact) mass is 175 g/mol. The van der Waals surface area contributed by atoms with Crippen LogP contribution in [0, 0.1) is 5.92 Å². The lowest BCUT2D eigenvalue weighted by Crippen LogP contribution is -2.43. The van der Waals surface area contributed by atoms with Crippen LogP contribution in [0.3, 0.4) is 0 Å². The maximum Gasteiger partial charge on any atom is 0.0922 e. The summed E-state index contributed by atoms with van der Waals surface area (Å²) in [6.45, 7) is 1.72. The van der Waals surface area contributed by atoms with Crippen LogP contribution < -0.4 is 11.1 Å². The first-order valence-corrected chi connectivity index (χ1v) is 4.19. The highest BCUT2D eigenvalue weighted by Gasteiger charge is 2.31. The normalized spacial score (nSPS) is 31.6. The molecule has 2 unspecified atom stereocenters. The van der Waals surface area contributed by atoms with Crippen LogP contribution in [0.25, 0.3) is 0 Å². The first-order chi connectivity index (χ1) is 4.67. The molecule has 0 aromatic heterocycles. The molecule has 1 aliphatic rings. The van der Waals surface area contributed by atoms with E-state index in [-0.39, 0.29) is 0 Å². The summed E-state index contributed by atoms with van der Waals surface area (Å²) in [6, 6.07) is 0. The zero-order chi connectivity index (χ0) is 7.61. The van der Waals surface area contributed by atoms with Crippen LogP contribution >= 0.6 is 24.8 Å². The van der Waals surface area contributed by atoms with E-state index in [4.69, 9.17) is 18.0 Å². The molecule has 1 rings (SSSR count). The summed E-state index contributed by atoms with van der Waals surface area (Å²) in [4.78, 5) is -0.588. The lowest BCUT2D eigenvalue weighted by molar-refractivity contribution is 0.515. The quantitative estimate of drug-likeness (QED) is 0.357. The van der Waals surface area contributed by atoms with Crippen LogP contribution in [0.15, 0.2) is 0 Å². The highest BCUT2D eigenvalue weighted by atomic mass is 32.1. The van der Waals surface area contributed by atoms with Crippen molar-refractivity contribution in [1.29, 1.82) is 0 Å². The van der Waals surface area contributed by atoms with Crippen molar-refractivity contribution in [1.82, 2.24) is 5.32 Å². The summed E-state index contributed by atoms with van der Waals surface area (Å²) in [5, 5.41) is 5.71. The van der Waals surface area contributed by atoms with Gasteiger partial charge in [0.2, 0.25) is 0 Å². The standard InChI is InChI=1S/C6H11N2S2/c7-6(10,4-9)5-1-2-8-3-5/h4-5,10H,1-3,7H2. The summed E-state index contributed by atoms with van der Waals surface area (Å²) in [5.74, 6) is 0.341. The Morgan fingerprint density at radius 1 is 1.80 bits per heavy atom. The topological polar surface area (TPSA) is 40.1 Å². The maximum absolute atomic E-state index is 5.77. The molecule has 1 fully saturated rings. The fourth-order valence-corrected chi connectivity index (χ4v) is 1.46.